The monoisotopic (exact) mass is 620 g/mol. The lowest BCUT2D eigenvalue weighted by molar-refractivity contribution is 1.07. The average molecular weight is 621 g/mol. The van der Waals surface area contributed by atoms with Crippen molar-refractivity contribution in [3.8, 4) is 56.4 Å². The van der Waals surface area contributed by atoms with Gasteiger partial charge in [-0.2, -0.15) is 0 Å². The minimum Gasteiger partial charge on any atom is -0.208 e. The molecular weight excluding hydrogens is 583 g/mol. The molecule has 0 radical (unpaired) electrons. The minimum atomic E-state index is -0.644. The van der Waals surface area contributed by atoms with E-state index >= 15 is 0 Å². The molecule has 0 atom stereocenters. The predicted octanol–water partition coefficient (Wildman–Crippen LogP) is 11.7. The van der Waals surface area contributed by atoms with E-state index in [0.717, 1.165) is 38.1 Å². The smallest absolute Gasteiger partial charge is 0.164 e. The van der Waals surface area contributed by atoms with Crippen molar-refractivity contribution in [2.45, 2.75) is 0 Å². The van der Waals surface area contributed by atoms with E-state index < -0.39 is 65.5 Å². The van der Waals surface area contributed by atoms with Gasteiger partial charge in [-0.1, -0.05) is 170 Å². The second kappa shape index (κ2) is 11.7. The lowest BCUT2D eigenvalue weighted by atomic mass is 9.89. The Kier molecular flexibility index (Phi) is 4.87. The minimum absolute atomic E-state index is 0.112. The Hall–Kier alpha value is -6.45. The highest BCUT2D eigenvalue weighted by Gasteiger charge is 2.15. The van der Waals surface area contributed by atoms with Crippen LogP contribution in [0.5, 0.6) is 0 Å². The van der Waals surface area contributed by atoms with Crippen molar-refractivity contribution in [2.24, 2.45) is 0 Å². The van der Waals surface area contributed by atoms with Crippen LogP contribution < -0.4 is 0 Å². The molecule has 3 heteroatoms. The molecule has 1 aromatic heterocycles. The Morgan fingerprint density at radius 3 is 1.60 bits per heavy atom. The molecule has 0 fully saturated rings. The number of fused-ring (bicyclic) bond motifs is 4. The van der Waals surface area contributed by atoms with Crippen molar-refractivity contribution >= 4 is 32.3 Å². The van der Waals surface area contributed by atoms with Gasteiger partial charge in [0.15, 0.2) is 17.5 Å². The summed E-state index contributed by atoms with van der Waals surface area (Å²) >= 11 is 0. The van der Waals surface area contributed by atoms with Gasteiger partial charge in [0.1, 0.15) is 0 Å². The van der Waals surface area contributed by atoms with Crippen LogP contribution in [0.3, 0.4) is 0 Å². The van der Waals surface area contributed by atoms with Gasteiger partial charge in [-0.15, -0.1) is 0 Å². The maximum atomic E-state index is 9.06. The van der Waals surface area contributed by atoms with Crippen molar-refractivity contribution in [3.63, 3.8) is 0 Å². The standard InChI is InChI=1S/C45H29N3/c1-3-11-30(12-4-1)31-19-23-35(24-20-31)44-46-43(34-14-5-2-6-15-34)47-45(48-44)36-25-21-33(22-26-36)42-39-18-10-8-16-37(39)29-41-38-17-9-7-13-32(38)27-28-40(41)42/h1-29H/i1D,3D,4D,11D,12D,19D,20D,23D,24D. The first-order valence-corrected chi connectivity index (χ1v) is 15.5. The average Bonchev–Trinajstić information content (AvgIpc) is 3.25. The molecule has 3 nitrogen and oxygen atoms in total. The zero-order valence-corrected chi connectivity index (χ0v) is 25.4. The van der Waals surface area contributed by atoms with Crippen molar-refractivity contribution in [1.82, 2.24) is 15.0 Å². The Balaban J connectivity index is 1.22. The molecule has 224 valence electrons. The molecule has 0 saturated carbocycles. The van der Waals surface area contributed by atoms with Crippen LogP contribution >= 0.6 is 0 Å². The topological polar surface area (TPSA) is 38.7 Å². The highest BCUT2D eigenvalue weighted by atomic mass is 15.0. The number of aromatic nitrogens is 3. The number of rotatable bonds is 5. The fourth-order valence-electron chi connectivity index (χ4n) is 6.17. The molecule has 0 N–H and O–H groups in total. The summed E-state index contributed by atoms with van der Waals surface area (Å²) in [5.41, 5.74) is 2.29. The quantitative estimate of drug-likeness (QED) is 0.142. The Morgan fingerprint density at radius 2 is 0.875 bits per heavy atom. The third kappa shape index (κ3) is 4.99. The van der Waals surface area contributed by atoms with Gasteiger partial charge < -0.3 is 0 Å². The summed E-state index contributed by atoms with van der Waals surface area (Å²) in [6.45, 7) is 0. The van der Waals surface area contributed by atoms with Crippen LogP contribution in [-0.2, 0) is 0 Å². The van der Waals surface area contributed by atoms with E-state index in [-0.39, 0.29) is 23.0 Å². The summed E-state index contributed by atoms with van der Waals surface area (Å²) < 4.78 is 77.2. The van der Waals surface area contributed by atoms with Gasteiger partial charge in [0.2, 0.25) is 0 Å². The zero-order chi connectivity index (χ0) is 39.7. The lowest BCUT2D eigenvalue weighted by Gasteiger charge is -2.14. The Bertz CT molecular complexity index is 3060. The van der Waals surface area contributed by atoms with E-state index in [2.05, 4.69) is 53.5 Å². The molecule has 48 heavy (non-hydrogen) atoms. The van der Waals surface area contributed by atoms with Crippen LogP contribution in [0.1, 0.15) is 12.3 Å². The number of hydrogen-bond donors (Lipinski definition) is 0. The van der Waals surface area contributed by atoms with E-state index in [1.165, 1.54) is 5.39 Å². The molecule has 0 amide bonds. The molecule has 8 aromatic carbocycles. The number of benzene rings is 8. The highest BCUT2D eigenvalue weighted by Crippen LogP contribution is 2.40. The number of hydrogen-bond acceptors (Lipinski definition) is 3. The summed E-state index contributed by atoms with van der Waals surface area (Å²) in [6, 6.07) is 34.8. The SMILES string of the molecule is [2H]c1c([2H])c([2H])c(-c2c([2H])c([2H])c(-c3nc(-c4ccccc4)nc(-c4ccc(-c5c6ccccc6cc6c5ccc5ccccc56)cc4)n3)c([2H])c2[2H])c([2H])c1[2H]. The van der Waals surface area contributed by atoms with Crippen LogP contribution in [0, 0.1) is 0 Å². The van der Waals surface area contributed by atoms with Gasteiger partial charge in [-0.25, -0.2) is 15.0 Å². The van der Waals surface area contributed by atoms with Crippen molar-refractivity contribution in [2.75, 3.05) is 0 Å². The zero-order valence-electron chi connectivity index (χ0n) is 34.4. The molecule has 9 rings (SSSR count). The normalized spacial score (nSPS) is 14.0. The van der Waals surface area contributed by atoms with E-state index in [1.807, 2.05) is 72.8 Å². The van der Waals surface area contributed by atoms with Gasteiger partial charge >= 0.3 is 0 Å². The highest BCUT2D eigenvalue weighted by molar-refractivity contribution is 6.20. The van der Waals surface area contributed by atoms with Gasteiger partial charge in [0.25, 0.3) is 0 Å². The fraction of sp³-hybridized carbons (Fsp3) is 0. The third-order valence-corrected chi connectivity index (χ3v) is 8.47. The maximum absolute atomic E-state index is 9.06. The molecule has 0 aliphatic rings. The van der Waals surface area contributed by atoms with E-state index in [4.69, 9.17) is 22.3 Å². The van der Waals surface area contributed by atoms with Crippen molar-refractivity contribution < 1.29 is 12.3 Å². The predicted molar refractivity (Wildman–Crippen MR) is 200 cm³/mol. The van der Waals surface area contributed by atoms with Crippen LogP contribution in [0.4, 0.5) is 0 Å². The van der Waals surface area contributed by atoms with E-state index in [0.29, 0.717) is 11.1 Å². The summed E-state index contributed by atoms with van der Waals surface area (Å²) in [4.78, 5) is 14.2. The van der Waals surface area contributed by atoms with Gasteiger partial charge in [-0.05, 0) is 60.6 Å². The lowest BCUT2D eigenvalue weighted by Crippen LogP contribution is -2.00. The largest absolute Gasteiger partial charge is 0.208 e. The molecule has 0 aliphatic heterocycles. The summed E-state index contributed by atoms with van der Waals surface area (Å²) in [5.74, 6) is 0.378. The second-order valence-corrected chi connectivity index (χ2v) is 11.4. The van der Waals surface area contributed by atoms with Gasteiger partial charge in [0.05, 0.1) is 12.3 Å². The fourth-order valence-corrected chi connectivity index (χ4v) is 6.17. The van der Waals surface area contributed by atoms with Crippen LogP contribution in [0.2, 0.25) is 0 Å². The van der Waals surface area contributed by atoms with Gasteiger partial charge in [0, 0.05) is 16.7 Å². The molecule has 0 bridgehead atoms. The summed E-state index contributed by atoms with van der Waals surface area (Å²) in [5, 5.41) is 6.82. The van der Waals surface area contributed by atoms with Gasteiger partial charge in [-0.3, -0.25) is 0 Å². The Labute approximate surface area is 291 Å². The molecule has 0 spiro atoms. The molecule has 9 aromatic rings. The van der Waals surface area contributed by atoms with E-state index in [9.17, 15) is 0 Å². The first-order valence-electron chi connectivity index (χ1n) is 20.0. The third-order valence-electron chi connectivity index (χ3n) is 8.47. The summed E-state index contributed by atoms with van der Waals surface area (Å²) in [6.07, 6.45) is 0. The Morgan fingerprint density at radius 1 is 0.333 bits per heavy atom. The van der Waals surface area contributed by atoms with Crippen molar-refractivity contribution in [1.29, 1.82) is 0 Å². The second-order valence-electron chi connectivity index (χ2n) is 11.4. The first kappa shape index (κ1) is 19.9. The van der Waals surface area contributed by atoms with Crippen LogP contribution in [0.15, 0.2) is 176 Å². The van der Waals surface area contributed by atoms with Crippen molar-refractivity contribution in [3.05, 3.63) is 176 Å². The summed E-state index contributed by atoms with van der Waals surface area (Å²) in [7, 11) is 0. The molecular formula is C45H29N3. The molecule has 1 heterocycles. The number of nitrogens with zero attached hydrogens (tertiary/aromatic N) is 3. The molecule has 0 saturated heterocycles. The maximum Gasteiger partial charge on any atom is 0.164 e. The molecule has 0 aliphatic carbocycles. The first-order chi connectivity index (χ1) is 27.5. The van der Waals surface area contributed by atoms with Crippen LogP contribution in [0.25, 0.3) is 88.7 Å². The van der Waals surface area contributed by atoms with E-state index in [1.54, 1.807) is 0 Å². The van der Waals surface area contributed by atoms with Crippen LogP contribution in [-0.4, -0.2) is 15.0 Å². The molecule has 0 unspecified atom stereocenters.